The molecule has 0 unspecified atom stereocenters. The predicted octanol–water partition coefficient (Wildman–Crippen LogP) is -1.62. The summed E-state index contributed by atoms with van der Waals surface area (Å²) in [6.45, 7) is 0. The minimum Gasteiger partial charge on any atom is -2.00 e. The molecule has 4 nitrogen and oxygen atoms in total. The van der Waals surface area contributed by atoms with Gasteiger partial charge in [-0.3, -0.25) is 8.92 Å². The van der Waals surface area contributed by atoms with Crippen molar-refractivity contribution in [2.45, 2.75) is 0 Å². The van der Waals surface area contributed by atoms with Crippen molar-refractivity contribution in [3.05, 3.63) is 0 Å². The van der Waals surface area contributed by atoms with Gasteiger partial charge in [-0.1, -0.05) is 0 Å². The predicted molar refractivity (Wildman–Crippen MR) is 20.0 cm³/mol. The summed E-state index contributed by atoms with van der Waals surface area (Å²) in [7, 11) is -1.42. The normalized spacial score (nSPS) is 1.14. The van der Waals surface area contributed by atoms with E-state index in [4.69, 9.17) is 8.92 Å². The average molecular weight is 146 g/mol. The van der Waals surface area contributed by atoms with E-state index < -0.39 is 9.29 Å². The Morgan fingerprint density at radius 3 is 0.857 bits per heavy atom. The van der Waals surface area contributed by atoms with E-state index in [1.165, 1.54) is 0 Å². The fourth-order valence-electron chi connectivity index (χ4n) is 0. The van der Waals surface area contributed by atoms with Crippen LogP contribution in [0.2, 0.25) is 0 Å². The van der Waals surface area contributed by atoms with E-state index >= 15 is 0 Å². The van der Waals surface area contributed by atoms with Gasteiger partial charge in [0.2, 0.25) is 0 Å². The van der Waals surface area contributed by atoms with Gasteiger partial charge in [-0.15, -0.1) is 0 Å². The standard InChI is InChI=1S/2Al.O2Si.2O/c;;1-3-2;;/q2*+3;;2*-2. The molecule has 0 saturated heterocycles. The van der Waals surface area contributed by atoms with Gasteiger partial charge in [-0.2, -0.15) is 0 Å². The van der Waals surface area contributed by atoms with Gasteiger partial charge in [0.05, 0.1) is 0 Å². The van der Waals surface area contributed by atoms with E-state index in [2.05, 4.69) is 0 Å². The van der Waals surface area contributed by atoms with E-state index in [1.807, 2.05) is 0 Å². The Hall–Kier alpha value is 0.802. The molecule has 0 bridgehead atoms. The molecule has 0 heterocycles. The molecule has 0 fully saturated rings. The van der Waals surface area contributed by atoms with Gasteiger partial charge in [0.15, 0.2) is 0 Å². The Labute approximate surface area is 64.1 Å². The monoisotopic (exact) mass is 146 g/mol. The summed E-state index contributed by atoms with van der Waals surface area (Å²) in [5.41, 5.74) is 0. The molecule has 0 aromatic carbocycles. The number of hydrogen-bond donors (Lipinski definition) is 0. The molecule has 0 rings (SSSR count). The van der Waals surface area contributed by atoms with Gasteiger partial charge in [0.25, 0.3) is 0 Å². The molecule has 32 valence electrons. The van der Waals surface area contributed by atoms with E-state index in [0.29, 0.717) is 0 Å². The maximum atomic E-state index is 8.40. The molecule has 0 saturated carbocycles. The van der Waals surface area contributed by atoms with Crippen molar-refractivity contribution < 1.29 is 19.9 Å². The molecule has 0 N–H and O–H groups in total. The molecule has 0 aromatic heterocycles. The van der Waals surface area contributed by atoms with E-state index in [1.54, 1.807) is 0 Å². The third kappa shape index (κ3) is 244. The van der Waals surface area contributed by atoms with Crippen molar-refractivity contribution in [1.82, 2.24) is 0 Å². The Bertz CT molecular complexity index is 30.7. The summed E-state index contributed by atoms with van der Waals surface area (Å²) in [6, 6.07) is 0. The van der Waals surface area contributed by atoms with Gasteiger partial charge < -0.3 is 11.0 Å². The second-order valence-electron chi connectivity index (χ2n) is 0.0833. The third-order valence-electron chi connectivity index (χ3n) is 0. The smallest absolute Gasteiger partial charge is 2.00 e. The van der Waals surface area contributed by atoms with Crippen LogP contribution < -0.4 is 0 Å². The zero-order valence-electron chi connectivity index (χ0n) is 3.29. The molecule has 0 radical (unpaired) electrons. The van der Waals surface area contributed by atoms with Crippen LogP contribution in [0, 0.1) is 0 Å². The molecule has 0 aliphatic carbocycles. The molecule has 7 heavy (non-hydrogen) atoms. The summed E-state index contributed by atoms with van der Waals surface area (Å²) < 4.78 is 16.8. The van der Waals surface area contributed by atoms with Gasteiger partial charge in [-0.05, 0) is 0 Å². The van der Waals surface area contributed by atoms with Crippen LogP contribution in [0.1, 0.15) is 0 Å². The van der Waals surface area contributed by atoms with Crippen molar-refractivity contribution >= 4 is 44.0 Å². The van der Waals surface area contributed by atoms with Gasteiger partial charge in [0, 0.05) is 0 Å². The molecule has 0 aliphatic rings. The number of rotatable bonds is 0. The molecular formula is Al2O4Si+2. The number of hydrogen-bond acceptors (Lipinski definition) is 2. The molecule has 0 amide bonds. The Morgan fingerprint density at radius 1 is 0.857 bits per heavy atom. The van der Waals surface area contributed by atoms with Crippen molar-refractivity contribution in [2.24, 2.45) is 0 Å². The van der Waals surface area contributed by atoms with Crippen LogP contribution in [0.15, 0.2) is 0 Å². The van der Waals surface area contributed by atoms with Crippen LogP contribution in [0.3, 0.4) is 0 Å². The van der Waals surface area contributed by atoms with Gasteiger partial charge >= 0.3 is 44.0 Å². The summed E-state index contributed by atoms with van der Waals surface area (Å²) in [5, 5.41) is 0. The van der Waals surface area contributed by atoms with E-state index in [0.717, 1.165) is 0 Å². The molecular weight excluding hydrogens is 146 g/mol. The van der Waals surface area contributed by atoms with Gasteiger partial charge in [0.1, 0.15) is 0 Å². The van der Waals surface area contributed by atoms with Crippen LogP contribution in [0.4, 0.5) is 0 Å². The van der Waals surface area contributed by atoms with E-state index in [9.17, 15) is 0 Å². The molecule has 7 heteroatoms. The Morgan fingerprint density at radius 2 is 0.857 bits per heavy atom. The first-order valence-electron chi connectivity index (χ1n) is 0.408. The zero-order chi connectivity index (χ0) is 2.71. The minimum absolute atomic E-state index is 0. The maximum Gasteiger partial charge on any atom is 3.00 e. The summed E-state index contributed by atoms with van der Waals surface area (Å²) in [6.07, 6.45) is 0. The van der Waals surface area contributed by atoms with Gasteiger partial charge in [-0.25, -0.2) is 0 Å². The summed E-state index contributed by atoms with van der Waals surface area (Å²) in [5.74, 6) is 0. The van der Waals surface area contributed by atoms with Crippen LogP contribution in [0.25, 0.3) is 0 Å². The van der Waals surface area contributed by atoms with Crippen LogP contribution >= 0.6 is 0 Å². The summed E-state index contributed by atoms with van der Waals surface area (Å²) >= 11 is 0. The Balaban J connectivity index is -0.00000000333. The molecule has 0 aromatic rings. The quantitative estimate of drug-likeness (QED) is 0.384. The minimum atomic E-state index is -1.42. The Kier molecular flexibility index (Phi) is 463. The first-order chi connectivity index (χ1) is 1.41. The molecule has 0 spiro atoms. The van der Waals surface area contributed by atoms with E-state index in [-0.39, 0.29) is 45.7 Å². The van der Waals surface area contributed by atoms with Crippen molar-refractivity contribution in [1.29, 1.82) is 0 Å². The average Bonchev–Trinajstić information content (AvgIpc) is 0.918. The third-order valence-corrected chi connectivity index (χ3v) is 0. The molecule has 0 atom stereocenters. The van der Waals surface area contributed by atoms with Crippen LogP contribution in [0.5, 0.6) is 0 Å². The van der Waals surface area contributed by atoms with Crippen molar-refractivity contribution in [3.8, 4) is 0 Å². The van der Waals surface area contributed by atoms with Crippen LogP contribution in [-0.4, -0.2) is 44.0 Å². The zero-order valence-corrected chi connectivity index (χ0v) is 6.60. The van der Waals surface area contributed by atoms with Crippen molar-refractivity contribution in [2.75, 3.05) is 0 Å². The largest absolute Gasteiger partial charge is 3.00 e. The fraction of sp³-hybridized carbons (Fsp3) is 0. The first-order valence-corrected chi connectivity index (χ1v) is 1.22. The maximum absolute atomic E-state index is 8.40. The fourth-order valence-corrected chi connectivity index (χ4v) is 0. The second-order valence-corrected chi connectivity index (χ2v) is 0.250. The summed E-state index contributed by atoms with van der Waals surface area (Å²) in [4.78, 5) is 0. The second kappa shape index (κ2) is 70.5. The first kappa shape index (κ1) is 46.0. The van der Waals surface area contributed by atoms with Crippen molar-refractivity contribution in [3.63, 3.8) is 0 Å². The SMILES string of the molecule is O=[Si]=O.[Al+3].[Al+3].[O-2].[O-2]. The molecule has 0 aliphatic heterocycles. The topological polar surface area (TPSA) is 91.1 Å². The van der Waals surface area contributed by atoms with Crippen LogP contribution in [-0.2, 0) is 19.9 Å².